The number of nitrogens with two attached hydrogens (primary N) is 1. The molecule has 7 heteroatoms. The molecule has 1 saturated carbocycles. The van der Waals surface area contributed by atoms with Crippen LogP contribution in [0.25, 0.3) is 0 Å². The third-order valence-electron chi connectivity index (χ3n) is 3.72. The minimum atomic E-state index is -3.48. The first kappa shape index (κ1) is 15.6. The van der Waals surface area contributed by atoms with Gasteiger partial charge >= 0.3 is 0 Å². The van der Waals surface area contributed by atoms with Gasteiger partial charge in [-0.05, 0) is 42.5 Å². The molecule has 1 aliphatic carbocycles. The molecule has 112 valence electrons. The summed E-state index contributed by atoms with van der Waals surface area (Å²) < 4.78 is 32.8. The van der Waals surface area contributed by atoms with Gasteiger partial charge in [0.25, 0.3) is 0 Å². The maximum atomic E-state index is 12.3. The molecule has 3 N–H and O–H groups in total. The van der Waals surface area contributed by atoms with E-state index in [2.05, 4.69) is 4.72 Å². The number of ether oxygens (including phenoxy) is 1. The van der Waals surface area contributed by atoms with Crippen LogP contribution in [0.5, 0.6) is 5.75 Å². The Labute approximate surface area is 125 Å². The van der Waals surface area contributed by atoms with Crippen molar-refractivity contribution in [2.45, 2.75) is 30.2 Å². The van der Waals surface area contributed by atoms with Crippen molar-refractivity contribution in [1.29, 1.82) is 0 Å². The summed E-state index contributed by atoms with van der Waals surface area (Å²) in [5.41, 5.74) is 6.60. The molecule has 1 atom stereocenters. The van der Waals surface area contributed by atoms with Crippen molar-refractivity contribution in [3.05, 3.63) is 23.8 Å². The highest BCUT2D eigenvalue weighted by Gasteiger charge is 2.33. The fraction of sp³-hybridized carbons (Fsp3) is 0.538. The van der Waals surface area contributed by atoms with E-state index < -0.39 is 10.0 Å². The highest BCUT2D eigenvalue weighted by Crippen LogP contribution is 2.33. The molecular formula is C13H19ClN2O3S. The van der Waals surface area contributed by atoms with Crippen molar-refractivity contribution in [3.8, 4) is 5.75 Å². The Morgan fingerprint density at radius 3 is 2.80 bits per heavy atom. The first-order chi connectivity index (χ1) is 9.10. The highest BCUT2D eigenvalue weighted by molar-refractivity contribution is 7.89. The van der Waals surface area contributed by atoms with Gasteiger partial charge in [-0.2, -0.15) is 0 Å². The fourth-order valence-corrected chi connectivity index (χ4v) is 3.80. The van der Waals surface area contributed by atoms with Gasteiger partial charge in [0.2, 0.25) is 10.0 Å². The van der Waals surface area contributed by atoms with Gasteiger partial charge in [0.05, 0.1) is 11.5 Å². The van der Waals surface area contributed by atoms with Crippen LogP contribution in [-0.2, 0) is 16.4 Å². The van der Waals surface area contributed by atoms with E-state index in [9.17, 15) is 8.42 Å². The van der Waals surface area contributed by atoms with Crippen LogP contribution in [0.1, 0.15) is 18.4 Å². The van der Waals surface area contributed by atoms with E-state index in [1.807, 2.05) is 0 Å². The molecule has 3 rings (SSSR count). The molecule has 0 aromatic heterocycles. The summed E-state index contributed by atoms with van der Waals surface area (Å²) in [4.78, 5) is 0.302. The molecule has 1 aliphatic heterocycles. The molecule has 0 saturated heterocycles. The van der Waals surface area contributed by atoms with Gasteiger partial charge in [0.1, 0.15) is 5.75 Å². The topological polar surface area (TPSA) is 81.4 Å². The second-order valence-electron chi connectivity index (χ2n) is 5.17. The molecule has 2 aliphatic rings. The SMILES string of the molecule is Cl.NCC(NS(=O)(=O)c1ccc2c(c1)CCO2)C1CC1. The summed E-state index contributed by atoms with van der Waals surface area (Å²) >= 11 is 0. The third kappa shape index (κ3) is 3.09. The van der Waals surface area contributed by atoms with Crippen molar-refractivity contribution >= 4 is 22.4 Å². The smallest absolute Gasteiger partial charge is 0.240 e. The van der Waals surface area contributed by atoms with Gasteiger partial charge in [-0.25, -0.2) is 13.1 Å². The molecule has 1 aromatic rings. The van der Waals surface area contributed by atoms with Gasteiger partial charge in [-0.1, -0.05) is 0 Å². The number of rotatable bonds is 5. The van der Waals surface area contributed by atoms with Crippen LogP contribution in [0.15, 0.2) is 23.1 Å². The first-order valence-corrected chi connectivity index (χ1v) is 8.06. The Hall–Kier alpha value is -0.820. The summed E-state index contributed by atoms with van der Waals surface area (Å²) in [5.74, 6) is 1.19. The van der Waals surface area contributed by atoms with Crippen molar-refractivity contribution in [3.63, 3.8) is 0 Å². The Morgan fingerprint density at radius 2 is 2.15 bits per heavy atom. The highest BCUT2D eigenvalue weighted by atomic mass is 35.5. The maximum Gasteiger partial charge on any atom is 0.240 e. The van der Waals surface area contributed by atoms with Crippen LogP contribution in [0, 0.1) is 5.92 Å². The number of fused-ring (bicyclic) bond motifs is 1. The third-order valence-corrected chi connectivity index (χ3v) is 5.21. The number of sulfonamides is 1. The minimum Gasteiger partial charge on any atom is -0.493 e. The normalized spacial score (nSPS) is 18.9. The van der Waals surface area contributed by atoms with Crippen LogP contribution in [0.2, 0.25) is 0 Å². The predicted octanol–water partition coefficient (Wildman–Crippen LogP) is 1.06. The largest absolute Gasteiger partial charge is 0.493 e. The van der Waals surface area contributed by atoms with E-state index >= 15 is 0 Å². The number of benzene rings is 1. The molecule has 20 heavy (non-hydrogen) atoms. The number of halogens is 1. The zero-order valence-electron chi connectivity index (χ0n) is 11.0. The van der Waals surface area contributed by atoms with Crippen LogP contribution in [0.4, 0.5) is 0 Å². The second kappa shape index (κ2) is 5.89. The molecule has 1 heterocycles. The monoisotopic (exact) mass is 318 g/mol. The Morgan fingerprint density at radius 1 is 1.40 bits per heavy atom. The fourth-order valence-electron chi connectivity index (χ4n) is 2.43. The quantitative estimate of drug-likeness (QED) is 0.850. The van der Waals surface area contributed by atoms with Crippen LogP contribution in [0.3, 0.4) is 0 Å². The van der Waals surface area contributed by atoms with Crippen LogP contribution < -0.4 is 15.2 Å². The van der Waals surface area contributed by atoms with Crippen molar-refractivity contribution in [2.24, 2.45) is 11.7 Å². The van der Waals surface area contributed by atoms with E-state index in [1.54, 1.807) is 18.2 Å². The summed E-state index contributed by atoms with van der Waals surface area (Å²) in [7, 11) is -3.48. The van der Waals surface area contributed by atoms with E-state index in [4.69, 9.17) is 10.5 Å². The Balaban J connectivity index is 0.00000147. The zero-order valence-corrected chi connectivity index (χ0v) is 12.7. The zero-order chi connectivity index (χ0) is 13.5. The molecule has 1 fully saturated rings. The number of nitrogens with one attached hydrogen (secondary N) is 1. The van der Waals surface area contributed by atoms with Crippen molar-refractivity contribution in [1.82, 2.24) is 4.72 Å². The summed E-state index contributed by atoms with van der Waals surface area (Å²) in [6.45, 7) is 0.970. The molecular weight excluding hydrogens is 300 g/mol. The molecule has 0 radical (unpaired) electrons. The molecule has 0 amide bonds. The standard InChI is InChI=1S/C13H18N2O3S.ClH/c14-8-12(9-1-2-9)15-19(16,17)11-3-4-13-10(7-11)5-6-18-13;/h3-4,7,9,12,15H,1-2,5-6,8,14H2;1H. The lowest BCUT2D eigenvalue weighted by molar-refractivity contribution is 0.356. The van der Waals surface area contributed by atoms with Crippen LogP contribution >= 0.6 is 12.4 Å². The van der Waals surface area contributed by atoms with Gasteiger partial charge in [-0.15, -0.1) is 12.4 Å². The lowest BCUT2D eigenvalue weighted by Crippen LogP contribution is -2.41. The average molecular weight is 319 g/mol. The molecule has 0 bridgehead atoms. The lowest BCUT2D eigenvalue weighted by atomic mass is 10.2. The lowest BCUT2D eigenvalue weighted by Gasteiger charge is -2.16. The van der Waals surface area contributed by atoms with Crippen molar-refractivity contribution in [2.75, 3.05) is 13.2 Å². The minimum absolute atomic E-state index is 0. The Kier molecular flexibility index (Phi) is 4.59. The summed E-state index contributed by atoms with van der Waals surface area (Å²) in [6, 6.07) is 4.87. The van der Waals surface area contributed by atoms with Gasteiger partial charge in [-0.3, -0.25) is 0 Å². The maximum absolute atomic E-state index is 12.3. The summed E-state index contributed by atoms with van der Waals surface area (Å²) in [5, 5.41) is 0. The van der Waals surface area contributed by atoms with E-state index in [0.717, 1.165) is 30.6 Å². The molecule has 1 unspecified atom stereocenters. The molecule has 1 aromatic carbocycles. The predicted molar refractivity (Wildman–Crippen MR) is 78.8 cm³/mol. The van der Waals surface area contributed by atoms with Gasteiger partial charge in [0.15, 0.2) is 0 Å². The van der Waals surface area contributed by atoms with Gasteiger partial charge in [0, 0.05) is 19.0 Å². The molecule has 0 spiro atoms. The van der Waals surface area contributed by atoms with Crippen molar-refractivity contribution < 1.29 is 13.2 Å². The van der Waals surface area contributed by atoms with E-state index in [-0.39, 0.29) is 18.4 Å². The van der Waals surface area contributed by atoms with E-state index in [0.29, 0.717) is 24.0 Å². The van der Waals surface area contributed by atoms with Gasteiger partial charge < -0.3 is 10.5 Å². The van der Waals surface area contributed by atoms with E-state index in [1.165, 1.54) is 0 Å². The first-order valence-electron chi connectivity index (χ1n) is 6.58. The summed E-state index contributed by atoms with van der Waals surface area (Å²) in [6.07, 6.45) is 2.88. The average Bonchev–Trinajstić information content (AvgIpc) is 3.13. The van der Waals surface area contributed by atoms with Crippen LogP contribution in [-0.4, -0.2) is 27.6 Å². The Bertz CT molecular complexity index is 587. The number of hydrogen-bond donors (Lipinski definition) is 2. The second-order valence-corrected chi connectivity index (χ2v) is 6.88. The number of hydrogen-bond acceptors (Lipinski definition) is 4. The molecule has 5 nitrogen and oxygen atoms in total.